The minimum Gasteiger partial charge on any atom is -0.367 e. The second-order valence-corrected chi connectivity index (χ2v) is 6.68. The lowest BCUT2D eigenvalue weighted by Crippen LogP contribution is -2.49. The summed E-state index contributed by atoms with van der Waals surface area (Å²) in [6.07, 6.45) is 0.318. The summed E-state index contributed by atoms with van der Waals surface area (Å²) in [6.45, 7) is 2.21. The monoisotopic (exact) mass is 384 g/mol. The predicted octanol–water partition coefficient (Wildman–Crippen LogP) is 3.01. The van der Waals surface area contributed by atoms with Crippen molar-refractivity contribution < 1.29 is 9.72 Å². The number of hydrogen-bond acceptors (Lipinski definition) is 5. The molecule has 1 amide bonds. The zero-order valence-corrected chi connectivity index (χ0v) is 15.2. The molecule has 0 radical (unpaired) electrons. The minimum atomic E-state index is -0.516. The van der Waals surface area contributed by atoms with E-state index >= 15 is 0 Å². The molecule has 2 aromatic rings. The highest BCUT2D eigenvalue weighted by Gasteiger charge is 2.23. The van der Waals surface area contributed by atoms with Crippen LogP contribution >= 0.6 is 11.6 Å². The van der Waals surface area contributed by atoms with Crippen LogP contribution in [0.3, 0.4) is 0 Å². The van der Waals surface area contributed by atoms with Gasteiger partial charge in [0.25, 0.3) is 5.69 Å². The van der Waals surface area contributed by atoms with Gasteiger partial charge in [-0.15, -0.1) is 0 Å². The summed E-state index contributed by atoms with van der Waals surface area (Å²) in [5.74, 6) is 0.0428. The number of amides is 1. The van der Waals surface area contributed by atoms with Crippen molar-refractivity contribution in [3.63, 3.8) is 0 Å². The van der Waals surface area contributed by atoms with Crippen molar-refractivity contribution >= 4 is 28.9 Å². The zero-order valence-electron chi connectivity index (χ0n) is 14.5. The fraction of sp³-hybridized carbons (Fsp3) is 0.263. The van der Waals surface area contributed by atoms with E-state index < -0.39 is 4.92 Å². The summed E-state index contributed by atoms with van der Waals surface area (Å²) < 4.78 is 0. The van der Waals surface area contributed by atoms with E-state index in [0.717, 1.165) is 5.56 Å². The SMILES string of the molecule is N#Cc1cc([N+](=O)[O-])ccc1N1CCN(C(=O)Cc2ccc(Cl)cc2)CC1. The molecule has 1 fully saturated rings. The second kappa shape index (κ2) is 8.06. The summed E-state index contributed by atoms with van der Waals surface area (Å²) in [5, 5.41) is 20.8. The van der Waals surface area contributed by atoms with Crippen molar-refractivity contribution in [1.82, 2.24) is 4.90 Å². The number of rotatable bonds is 4. The van der Waals surface area contributed by atoms with Crippen LogP contribution in [-0.2, 0) is 11.2 Å². The lowest BCUT2D eigenvalue weighted by Gasteiger charge is -2.36. The number of nitro groups is 1. The van der Waals surface area contributed by atoms with Gasteiger partial charge in [-0.25, -0.2) is 0 Å². The molecule has 0 aromatic heterocycles. The molecule has 27 heavy (non-hydrogen) atoms. The normalized spacial score (nSPS) is 13.9. The van der Waals surface area contributed by atoms with Gasteiger partial charge in [-0.2, -0.15) is 5.26 Å². The highest BCUT2D eigenvalue weighted by molar-refractivity contribution is 6.30. The largest absolute Gasteiger partial charge is 0.367 e. The summed E-state index contributed by atoms with van der Waals surface area (Å²) >= 11 is 5.86. The Morgan fingerprint density at radius 3 is 2.41 bits per heavy atom. The third-order valence-corrected chi connectivity index (χ3v) is 4.81. The van der Waals surface area contributed by atoms with Crippen LogP contribution in [0.2, 0.25) is 5.02 Å². The molecule has 8 heteroatoms. The van der Waals surface area contributed by atoms with Crippen LogP contribution in [0.25, 0.3) is 0 Å². The molecule has 0 N–H and O–H groups in total. The van der Waals surface area contributed by atoms with E-state index in [1.54, 1.807) is 23.1 Å². The topological polar surface area (TPSA) is 90.5 Å². The van der Waals surface area contributed by atoms with Gasteiger partial charge in [-0.1, -0.05) is 23.7 Å². The second-order valence-electron chi connectivity index (χ2n) is 6.24. The Bertz CT molecular complexity index is 900. The van der Waals surface area contributed by atoms with Gasteiger partial charge in [-0.3, -0.25) is 14.9 Å². The third kappa shape index (κ3) is 4.36. The Balaban J connectivity index is 1.63. The molecule has 1 aliphatic heterocycles. The lowest BCUT2D eigenvalue weighted by atomic mass is 10.1. The van der Waals surface area contributed by atoms with Crippen LogP contribution < -0.4 is 4.90 Å². The summed E-state index contributed by atoms with van der Waals surface area (Å²) in [4.78, 5) is 26.6. The van der Waals surface area contributed by atoms with Gasteiger partial charge >= 0.3 is 0 Å². The number of nitrogens with zero attached hydrogens (tertiary/aromatic N) is 4. The lowest BCUT2D eigenvalue weighted by molar-refractivity contribution is -0.384. The highest BCUT2D eigenvalue weighted by Crippen LogP contribution is 2.26. The van der Waals surface area contributed by atoms with Crippen molar-refractivity contribution in [2.24, 2.45) is 0 Å². The maximum Gasteiger partial charge on any atom is 0.270 e. The number of piperazine rings is 1. The molecule has 3 rings (SSSR count). The molecular weight excluding hydrogens is 368 g/mol. The summed E-state index contributed by atoms with van der Waals surface area (Å²) in [6, 6.07) is 13.5. The van der Waals surface area contributed by atoms with Crippen LogP contribution in [0.15, 0.2) is 42.5 Å². The maximum absolute atomic E-state index is 12.5. The summed E-state index contributed by atoms with van der Waals surface area (Å²) in [7, 11) is 0. The molecule has 1 saturated heterocycles. The van der Waals surface area contributed by atoms with Crippen LogP contribution in [-0.4, -0.2) is 41.9 Å². The van der Waals surface area contributed by atoms with Gasteiger partial charge < -0.3 is 9.80 Å². The smallest absolute Gasteiger partial charge is 0.270 e. The van der Waals surface area contributed by atoms with E-state index in [9.17, 15) is 20.2 Å². The number of nitro benzene ring substituents is 1. The average molecular weight is 385 g/mol. The molecule has 7 nitrogen and oxygen atoms in total. The Morgan fingerprint density at radius 2 is 1.81 bits per heavy atom. The Morgan fingerprint density at radius 1 is 1.15 bits per heavy atom. The first kappa shape index (κ1) is 18.7. The molecule has 0 atom stereocenters. The fourth-order valence-corrected chi connectivity index (χ4v) is 3.21. The van der Waals surface area contributed by atoms with Gasteiger partial charge in [0.05, 0.1) is 22.6 Å². The first-order chi connectivity index (χ1) is 13.0. The Hall–Kier alpha value is -3.11. The van der Waals surface area contributed by atoms with E-state index in [-0.39, 0.29) is 17.2 Å². The number of hydrogen-bond donors (Lipinski definition) is 0. The average Bonchev–Trinajstić information content (AvgIpc) is 2.69. The quantitative estimate of drug-likeness (QED) is 0.597. The fourth-order valence-electron chi connectivity index (χ4n) is 3.09. The van der Waals surface area contributed by atoms with Crippen LogP contribution in [0.5, 0.6) is 0 Å². The Kier molecular flexibility index (Phi) is 5.57. The van der Waals surface area contributed by atoms with E-state index in [1.165, 1.54) is 12.1 Å². The predicted molar refractivity (Wildman–Crippen MR) is 102 cm³/mol. The first-order valence-corrected chi connectivity index (χ1v) is 8.81. The zero-order chi connectivity index (χ0) is 19.4. The number of carbonyl (C=O) groups excluding carboxylic acids is 1. The molecule has 0 spiro atoms. The van der Waals surface area contributed by atoms with Gasteiger partial charge in [0, 0.05) is 43.3 Å². The number of non-ortho nitro benzene ring substituents is 1. The van der Waals surface area contributed by atoms with Crippen molar-refractivity contribution in [3.8, 4) is 6.07 Å². The molecular formula is C19H17ClN4O3. The number of nitriles is 1. The highest BCUT2D eigenvalue weighted by atomic mass is 35.5. The number of benzene rings is 2. The molecule has 2 aromatic carbocycles. The number of anilines is 1. The van der Waals surface area contributed by atoms with E-state index in [4.69, 9.17) is 11.6 Å². The van der Waals surface area contributed by atoms with E-state index in [2.05, 4.69) is 0 Å². The van der Waals surface area contributed by atoms with Crippen LogP contribution in [0.1, 0.15) is 11.1 Å². The molecule has 0 bridgehead atoms. The van der Waals surface area contributed by atoms with Gasteiger partial charge in [-0.05, 0) is 23.8 Å². The van der Waals surface area contributed by atoms with Gasteiger partial charge in [0.1, 0.15) is 6.07 Å². The molecule has 138 valence electrons. The van der Waals surface area contributed by atoms with Crippen LogP contribution in [0.4, 0.5) is 11.4 Å². The molecule has 0 aliphatic carbocycles. The molecule has 1 aliphatic rings. The third-order valence-electron chi connectivity index (χ3n) is 4.55. The van der Waals surface area contributed by atoms with Crippen molar-refractivity contribution in [2.45, 2.75) is 6.42 Å². The van der Waals surface area contributed by atoms with Gasteiger partial charge in [0.15, 0.2) is 0 Å². The number of halogens is 1. The van der Waals surface area contributed by atoms with Crippen molar-refractivity contribution in [3.05, 3.63) is 68.7 Å². The minimum absolute atomic E-state index is 0.0428. The van der Waals surface area contributed by atoms with E-state index in [0.29, 0.717) is 43.3 Å². The first-order valence-electron chi connectivity index (χ1n) is 8.43. The standard InChI is InChI=1S/C19H17ClN4O3/c20-16-3-1-14(2-4-16)11-19(25)23-9-7-22(8-10-23)18-6-5-17(24(26)27)12-15(18)13-21/h1-6,12H,7-11H2. The Labute approximate surface area is 161 Å². The van der Waals surface area contributed by atoms with Gasteiger partial charge in [0.2, 0.25) is 5.91 Å². The molecule has 1 heterocycles. The molecule has 0 unspecified atom stereocenters. The summed E-state index contributed by atoms with van der Waals surface area (Å²) in [5.41, 5.74) is 1.74. The molecule has 0 saturated carbocycles. The van der Waals surface area contributed by atoms with Crippen LogP contribution in [0, 0.1) is 21.4 Å². The van der Waals surface area contributed by atoms with E-state index in [1.807, 2.05) is 23.1 Å². The number of carbonyl (C=O) groups is 1. The van der Waals surface area contributed by atoms with Crippen molar-refractivity contribution in [1.29, 1.82) is 5.26 Å². The van der Waals surface area contributed by atoms with Crippen molar-refractivity contribution in [2.75, 3.05) is 31.1 Å². The maximum atomic E-state index is 12.5.